The maximum Gasteiger partial charge on any atom is 0.289 e. The van der Waals surface area contributed by atoms with Gasteiger partial charge in [-0.25, -0.2) is 0 Å². The van der Waals surface area contributed by atoms with Crippen molar-refractivity contribution >= 4 is 34.6 Å². The van der Waals surface area contributed by atoms with Gasteiger partial charge >= 0.3 is 0 Å². The van der Waals surface area contributed by atoms with Crippen LogP contribution < -0.4 is 15.4 Å². The second-order valence-electron chi connectivity index (χ2n) is 4.92. The summed E-state index contributed by atoms with van der Waals surface area (Å²) in [6, 6.07) is 12.5. The van der Waals surface area contributed by atoms with Crippen molar-refractivity contribution < 1.29 is 14.5 Å². The van der Waals surface area contributed by atoms with Crippen molar-refractivity contribution in [1.82, 2.24) is 0 Å². The molecule has 8 nitrogen and oxygen atoms in total. The molecule has 0 aromatic heterocycles. The van der Waals surface area contributed by atoms with Gasteiger partial charge in [-0.3, -0.25) is 14.9 Å². The number of benzene rings is 2. The molecule has 0 spiro atoms. The third-order valence-electron chi connectivity index (χ3n) is 3.22. The minimum absolute atomic E-state index is 0.0521. The summed E-state index contributed by atoms with van der Waals surface area (Å²) in [4.78, 5) is 22.4. The molecule has 2 aromatic carbocycles. The minimum atomic E-state index is -0.723. The van der Waals surface area contributed by atoms with Crippen LogP contribution in [-0.2, 0) is 4.79 Å². The first-order valence-electron chi connectivity index (χ1n) is 7.20. The van der Waals surface area contributed by atoms with Gasteiger partial charge in [0.25, 0.3) is 11.6 Å². The lowest BCUT2D eigenvalue weighted by Gasteiger charge is -2.06. The van der Waals surface area contributed by atoms with Crippen LogP contribution in [0, 0.1) is 21.4 Å². The van der Waals surface area contributed by atoms with Crippen molar-refractivity contribution in [3.8, 4) is 11.8 Å². The lowest BCUT2D eigenvalue weighted by molar-refractivity contribution is -0.384. The Kier molecular flexibility index (Phi) is 6.14. The van der Waals surface area contributed by atoms with E-state index in [9.17, 15) is 14.9 Å². The van der Waals surface area contributed by atoms with Gasteiger partial charge in [-0.1, -0.05) is 17.7 Å². The van der Waals surface area contributed by atoms with Crippen LogP contribution in [0.4, 0.5) is 17.1 Å². The number of nitro groups is 1. The maximum absolute atomic E-state index is 12.2. The van der Waals surface area contributed by atoms with Crippen LogP contribution in [0.1, 0.15) is 0 Å². The van der Waals surface area contributed by atoms with Crippen LogP contribution in [0.5, 0.6) is 5.75 Å². The van der Waals surface area contributed by atoms with Crippen LogP contribution >= 0.6 is 11.6 Å². The van der Waals surface area contributed by atoms with Crippen molar-refractivity contribution in [3.63, 3.8) is 0 Å². The topological polar surface area (TPSA) is 117 Å². The quantitative estimate of drug-likeness (QED) is 0.345. The lowest BCUT2D eigenvalue weighted by Crippen LogP contribution is -2.14. The van der Waals surface area contributed by atoms with Gasteiger partial charge in [0.1, 0.15) is 22.4 Å². The van der Waals surface area contributed by atoms with Gasteiger partial charge in [0.15, 0.2) is 0 Å². The standard InChI is InChI=1S/C17H13ClN4O4/c1-26-14-4-2-3-12(7-14)20-10-11(9-19)17(23)21-13-5-6-15(18)16(8-13)22(24)25/h2-8,10,20H,1H3,(H,21,23)/b11-10-. The molecule has 2 N–H and O–H groups in total. The molecule has 1 amide bonds. The molecular weight excluding hydrogens is 360 g/mol. The average Bonchev–Trinajstić information content (AvgIpc) is 2.63. The Morgan fingerprint density at radius 2 is 2.08 bits per heavy atom. The van der Waals surface area contributed by atoms with Gasteiger partial charge in [0, 0.05) is 29.7 Å². The predicted molar refractivity (Wildman–Crippen MR) is 97.0 cm³/mol. The van der Waals surface area contributed by atoms with E-state index < -0.39 is 10.8 Å². The first-order valence-corrected chi connectivity index (χ1v) is 7.58. The molecule has 0 radical (unpaired) electrons. The number of halogens is 1. The fraction of sp³-hybridized carbons (Fsp3) is 0.0588. The largest absolute Gasteiger partial charge is 0.497 e. The summed E-state index contributed by atoms with van der Waals surface area (Å²) in [5, 5.41) is 25.2. The van der Waals surface area contributed by atoms with Crippen molar-refractivity contribution in [2.45, 2.75) is 0 Å². The van der Waals surface area contributed by atoms with Crippen molar-refractivity contribution in [3.05, 3.63) is 69.4 Å². The van der Waals surface area contributed by atoms with E-state index in [1.807, 2.05) is 0 Å². The minimum Gasteiger partial charge on any atom is -0.497 e. The van der Waals surface area contributed by atoms with Crippen molar-refractivity contribution in [1.29, 1.82) is 5.26 Å². The van der Waals surface area contributed by atoms with Gasteiger partial charge in [0.05, 0.1) is 12.0 Å². The molecule has 0 atom stereocenters. The Morgan fingerprint density at radius 1 is 1.31 bits per heavy atom. The first kappa shape index (κ1) is 18.8. The zero-order chi connectivity index (χ0) is 19.1. The third kappa shape index (κ3) is 4.72. The number of nitriles is 1. The smallest absolute Gasteiger partial charge is 0.289 e. The number of anilines is 2. The number of carbonyl (C=O) groups is 1. The normalized spacial score (nSPS) is 10.6. The number of amides is 1. The molecule has 2 aromatic rings. The highest BCUT2D eigenvalue weighted by Crippen LogP contribution is 2.27. The van der Waals surface area contributed by atoms with E-state index in [4.69, 9.17) is 21.6 Å². The Labute approximate surface area is 153 Å². The van der Waals surface area contributed by atoms with Crippen molar-refractivity contribution in [2.75, 3.05) is 17.7 Å². The molecule has 0 saturated carbocycles. The molecule has 0 saturated heterocycles. The maximum atomic E-state index is 12.2. The molecule has 132 valence electrons. The SMILES string of the molecule is COc1cccc(N/C=C(/C#N)C(=O)Nc2ccc(Cl)c([N+](=O)[O-])c2)c1. The molecular formula is C17H13ClN4O4. The van der Waals surface area contributed by atoms with E-state index in [2.05, 4.69) is 10.6 Å². The number of carbonyl (C=O) groups excluding carboxylic acids is 1. The molecule has 0 aliphatic carbocycles. The Hall–Kier alpha value is -3.57. The summed E-state index contributed by atoms with van der Waals surface area (Å²) in [6.45, 7) is 0. The number of methoxy groups -OCH3 is 1. The number of nitrogens with zero attached hydrogens (tertiary/aromatic N) is 2. The monoisotopic (exact) mass is 372 g/mol. The van der Waals surface area contributed by atoms with Crippen LogP contribution in [0.3, 0.4) is 0 Å². The highest BCUT2D eigenvalue weighted by molar-refractivity contribution is 6.32. The van der Waals surface area contributed by atoms with Gasteiger partial charge < -0.3 is 15.4 Å². The molecule has 2 rings (SSSR count). The highest BCUT2D eigenvalue weighted by atomic mass is 35.5. The van der Waals surface area contributed by atoms with Gasteiger partial charge in [-0.05, 0) is 24.3 Å². The number of hydrogen-bond donors (Lipinski definition) is 2. The number of ether oxygens (including phenoxy) is 1. The van der Waals surface area contributed by atoms with Crippen LogP contribution in [-0.4, -0.2) is 17.9 Å². The van der Waals surface area contributed by atoms with Gasteiger partial charge in [-0.15, -0.1) is 0 Å². The first-order chi connectivity index (χ1) is 12.4. The summed E-state index contributed by atoms with van der Waals surface area (Å²) < 4.78 is 5.08. The molecule has 0 aliphatic rings. The Bertz CT molecular complexity index is 921. The Morgan fingerprint density at radius 3 is 2.73 bits per heavy atom. The summed E-state index contributed by atoms with van der Waals surface area (Å²) in [6.07, 6.45) is 1.23. The fourth-order valence-electron chi connectivity index (χ4n) is 1.95. The molecule has 0 heterocycles. The van der Waals surface area contributed by atoms with E-state index in [1.165, 1.54) is 25.4 Å². The zero-order valence-corrected chi connectivity index (χ0v) is 14.3. The molecule has 26 heavy (non-hydrogen) atoms. The van der Waals surface area contributed by atoms with E-state index in [0.29, 0.717) is 11.4 Å². The number of hydrogen-bond acceptors (Lipinski definition) is 6. The number of nitro benzene ring substituents is 1. The highest BCUT2D eigenvalue weighted by Gasteiger charge is 2.15. The fourth-order valence-corrected chi connectivity index (χ4v) is 2.13. The summed E-state index contributed by atoms with van der Waals surface area (Å²) in [5.41, 5.74) is 0.201. The van der Waals surface area contributed by atoms with Crippen LogP contribution in [0.15, 0.2) is 54.2 Å². The van der Waals surface area contributed by atoms with E-state index in [-0.39, 0.29) is 22.0 Å². The van der Waals surface area contributed by atoms with Gasteiger partial charge in [0.2, 0.25) is 0 Å². The lowest BCUT2D eigenvalue weighted by atomic mass is 10.2. The predicted octanol–water partition coefficient (Wildman–Crippen LogP) is 3.71. The average molecular weight is 373 g/mol. The van der Waals surface area contributed by atoms with Crippen LogP contribution in [0.2, 0.25) is 5.02 Å². The molecule has 9 heteroatoms. The van der Waals surface area contributed by atoms with E-state index >= 15 is 0 Å². The summed E-state index contributed by atoms with van der Waals surface area (Å²) in [5.74, 6) is -0.112. The summed E-state index contributed by atoms with van der Waals surface area (Å²) in [7, 11) is 1.52. The van der Waals surface area contributed by atoms with Crippen molar-refractivity contribution in [2.24, 2.45) is 0 Å². The molecule has 0 bridgehead atoms. The van der Waals surface area contributed by atoms with Gasteiger partial charge in [-0.2, -0.15) is 5.26 Å². The van der Waals surface area contributed by atoms with Crippen LogP contribution in [0.25, 0.3) is 0 Å². The Balaban J connectivity index is 2.14. The third-order valence-corrected chi connectivity index (χ3v) is 3.54. The second-order valence-corrected chi connectivity index (χ2v) is 5.33. The molecule has 0 fully saturated rings. The second kappa shape index (κ2) is 8.50. The summed E-state index contributed by atoms with van der Waals surface area (Å²) >= 11 is 5.72. The zero-order valence-electron chi connectivity index (χ0n) is 13.5. The molecule has 0 aliphatic heterocycles. The van der Waals surface area contributed by atoms with E-state index in [0.717, 1.165) is 6.07 Å². The number of nitrogens with one attached hydrogen (secondary N) is 2. The van der Waals surface area contributed by atoms with E-state index in [1.54, 1.807) is 30.3 Å². The molecule has 0 unspecified atom stereocenters. The number of rotatable bonds is 6.